The second kappa shape index (κ2) is 11.0. The second-order valence-electron chi connectivity index (χ2n) is 12.4. The van der Waals surface area contributed by atoms with Crippen molar-refractivity contribution in [2.45, 2.75) is 103 Å². The zero-order valence-electron chi connectivity index (χ0n) is 23.8. The average Bonchev–Trinajstić information content (AvgIpc) is 3.13. The van der Waals surface area contributed by atoms with Crippen LogP contribution in [0.25, 0.3) is 0 Å². The Labute approximate surface area is 225 Å². The smallest absolute Gasteiger partial charge is 0.262 e. The minimum atomic E-state index is -2.23. The average molecular weight is 529 g/mol. The molecule has 0 N–H and O–H groups in total. The van der Waals surface area contributed by atoms with E-state index in [0.29, 0.717) is 0 Å². The van der Waals surface area contributed by atoms with Gasteiger partial charge in [-0.15, -0.1) is 0 Å². The van der Waals surface area contributed by atoms with Gasteiger partial charge in [0, 0.05) is 17.5 Å². The van der Waals surface area contributed by atoms with Crippen LogP contribution >= 0.6 is 0 Å². The van der Waals surface area contributed by atoms with Crippen LogP contribution in [-0.2, 0) is 29.3 Å². The van der Waals surface area contributed by atoms with Gasteiger partial charge in [0.15, 0.2) is 5.60 Å². The lowest BCUT2D eigenvalue weighted by atomic mass is 9.70. The lowest BCUT2D eigenvalue weighted by Crippen LogP contribution is -2.65. The van der Waals surface area contributed by atoms with E-state index in [1.165, 1.54) is 0 Å². The summed E-state index contributed by atoms with van der Waals surface area (Å²) in [6.07, 6.45) is -0.831. The lowest BCUT2D eigenvalue weighted by molar-refractivity contribution is -0.420. The Morgan fingerprint density at radius 3 is 1.61 bits per heavy atom. The summed E-state index contributed by atoms with van der Waals surface area (Å²) in [6, 6.07) is 16.9. The molecule has 2 aromatic carbocycles. The highest BCUT2D eigenvalue weighted by Crippen LogP contribution is 2.48. The van der Waals surface area contributed by atoms with E-state index in [-0.39, 0.29) is 17.5 Å². The predicted molar refractivity (Wildman–Crippen MR) is 141 cm³/mol. The topological polar surface area (TPSA) is 89.5 Å². The summed E-state index contributed by atoms with van der Waals surface area (Å²) in [6.45, 7) is 16.2. The first-order chi connectivity index (χ1) is 17.5. The minimum absolute atomic E-state index is 0.138. The number of Topliss-reactive ketones (excluding diaryl/α,β-unsaturated/α-hetero) is 2. The molecule has 1 saturated heterocycles. The third-order valence-corrected chi connectivity index (χ3v) is 5.97. The summed E-state index contributed by atoms with van der Waals surface area (Å²) in [5.41, 5.74) is -5.69. The fraction of sp³-hybridized carbons (Fsp3) is 0.533. The first-order valence-electron chi connectivity index (χ1n) is 12.8. The molecule has 0 aliphatic carbocycles. The third kappa shape index (κ3) is 6.57. The van der Waals surface area contributed by atoms with Gasteiger partial charge in [0.25, 0.3) is 5.60 Å². The maximum Gasteiger partial charge on any atom is 0.262 e. The normalized spacial score (nSPS) is 21.9. The quantitative estimate of drug-likeness (QED) is 0.155. The highest BCUT2D eigenvalue weighted by molar-refractivity contribution is 6.24. The summed E-state index contributed by atoms with van der Waals surface area (Å²) in [7, 11) is 0. The molecule has 1 fully saturated rings. The van der Waals surface area contributed by atoms with Gasteiger partial charge in [0.2, 0.25) is 11.6 Å². The van der Waals surface area contributed by atoms with Crippen LogP contribution in [0.1, 0.15) is 89.5 Å². The summed E-state index contributed by atoms with van der Waals surface area (Å²) >= 11 is 0. The molecule has 0 spiro atoms. The first kappa shape index (κ1) is 30.1. The van der Waals surface area contributed by atoms with E-state index in [1.807, 2.05) is 34.6 Å². The number of hydrogen-bond donors (Lipinski definition) is 0. The molecule has 2 unspecified atom stereocenters. The van der Waals surface area contributed by atoms with E-state index in [1.54, 1.807) is 88.4 Å². The molecular formula is C30H40O8. The molecule has 2 atom stereocenters. The van der Waals surface area contributed by atoms with Crippen LogP contribution < -0.4 is 0 Å². The molecule has 1 aliphatic heterocycles. The highest BCUT2D eigenvalue weighted by atomic mass is 17.3. The summed E-state index contributed by atoms with van der Waals surface area (Å²) < 4.78 is 0. The van der Waals surface area contributed by atoms with Crippen LogP contribution in [0, 0.1) is 0 Å². The van der Waals surface area contributed by atoms with E-state index >= 15 is 0 Å². The Hall–Kier alpha value is -2.46. The molecule has 38 heavy (non-hydrogen) atoms. The van der Waals surface area contributed by atoms with Crippen molar-refractivity contribution in [2.24, 2.45) is 0 Å². The van der Waals surface area contributed by atoms with Crippen molar-refractivity contribution < 1.29 is 38.9 Å². The molecule has 1 heterocycles. The molecule has 3 rings (SSSR count). The summed E-state index contributed by atoms with van der Waals surface area (Å²) in [4.78, 5) is 63.4. The van der Waals surface area contributed by atoms with Gasteiger partial charge >= 0.3 is 0 Å². The summed E-state index contributed by atoms with van der Waals surface area (Å²) in [5.74, 6) is -1.22. The first-order valence-corrected chi connectivity index (χ1v) is 12.8. The number of ketones is 2. The highest BCUT2D eigenvalue weighted by Gasteiger charge is 2.72. The van der Waals surface area contributed by atoms with Crippen LogP contribution in [-0.4, -0.2) is 45.7 Å². The number of carbonyl (C=O) groups is 2. The van der Waals surface area contributed by atoms with E-state index in [0.717, 1.165) is 0 Å². The molecule has 1 aliphatic rings. The molecule has 0 amide bonds. The van der Waals surface area contributed by atoms with Crippen LogP contribution in [0.15, 0.2) is 60.7 Å². The fourth-order valence-corrected chi connectivity index (χ4v) is 4.02. The van der Waals surface area contributed by atoms with E-state index < -0.39 is 45.7 Å². The van der Waals surface area contributed by atoms with Crippen molar-refractivity contribution in [3.63, 3.8) is 0 Å². The van der Waals surface area contributed by atoms with Crippen LogP contribution in [0.5, 0.6) is 0 Å². The second-order valence-corrected chi connectivity index (χ2v) is 12.4. The number of benzene rings is 2. The largest absolute Gasteiger partial charge is 0.290 e. The van der Waals surface area contributed by atoms with E-state index in [9.17, 15) is 9.59 Å². The lowest BCUT2D eigenvalue weighted by Gasteiger charge is -2.40. The fourth-order valence-electron chi connectivity index (χ4n) is 4.02. The van der Waals surface area contributed by atoms with Crippen molar-refractivity contribution in [3.05, 3.63) is 71.8 Å². The predicted octanol–water partition coefficient (Wildman–Crippen LogP) is 6.24. The standard InChI is InChI=1S/C30H40O8/c1-26(2,3)34-36-28(7,8)20-23-29(9,37-35-27(4,5)6)30(38-33-23,24(31)21-16-12-10-13-17-21)25(32)22-18-14-11-15-19-22/h10-19,23H,20H2,1-9H3. The van der Waals surface area contributed by atoms with E-state index in [4.69, 9.17) is 29.3 Å². The third-order valence-electron chi connectivity index (χ3n) is 5.97. The number of rotatable bonds is 10. The van der Waals surface area contributed by atoms with Gasteiger partial charge in [0.1, 0.15) is 11.7 Å². The molecule has 0 aromatic heterocycles. The van der Waals surface area contributed by atoms with Gasteiger partial charge in [-0.3, -0.25) is 9.59 Å². The molecule has 8 nitrogen and oxygen atoms in total. The Bertz CT molecular complexity index is 1050. The van der Waals surface area contributed by atoms with Gasteiger partial charge in [-0.1, -0.05) is 60.7 Å². The van der Waals surface area contributed by atoms with Gasteiger partial charge < -0.3 is 0 Å². The molecular weight excluding hydrogens is 488 g/mol. The van der Waals surface area contributed by atoms with E-state index in [2.05, 4.69) is 0 Å². The van der Waals surface area contributed by atoms with Crippen molar-refractivity contribution in [1.82, 2.24) is 0 Å². The Morgan fingerprint density at radius 2 is 1.18 bits per heavy atom. The van der Waals surface area contributed by atoms with Crippen LogP contribution in [0.2, 0.25) is 0 Å². The Kier molecular flexibility index (Phi) is 8.68. The Balaban J connectivity index is 2.14. The van der Waals surface area contributed by atoms with Gasteiger partial charge in [-0.2, -0.15) is 0 Å². The van der Waals surface area contributed by atoms with Crippen molar-refractivity contribution in [1.29, 1.82) is 0 Å². The van der Waals surface area contributed by atoms with Gasteiger partial charge in [-0.25, -0.2) is 29.3 Å². The molecule has 8 heteroatoms. The number of hydrogen-bond acceptors (Lipinski definition) is 8. The van der Waals surface area contributed by atoms with Crippen LogP contribution in [0.3, 0.4) is 0 Å². The molecule has 208 valence electrons. The SMILES string of the molecule is CC(C)(C)OOC(C)(C)CC1OOC(C(=O)c2ccccc2)(C(=O)c2ccccc2)C1(C)OOC(C)(C)C. The summed E-state index contributed by atoms with van der Waals surface area (Å²) in [5, 5.41) is 0. The van der Waals surface area contributed by atoms with Crippen molar-refractivity contribution in [3.8, 4) is 0 Å². The Morgan fingerprint density at radius 1 is 0.737 bits per heavy atom. The maximum absolute atomic E-state index is 14.3. The molecule has 0 radical (unpaired) electrons. The van der Waals surface area contributed by atoms with Crippen molar-refractivity contribution >= 4 is 11.6 Å². The molecule has 2 aromatic rings. The van der Waals surface area contributed by atoms with Crippen molar-refractivity contribution in [2.75, 3.05) is 0 Å². The maximum atomic E-state index is 14.3. The zero-order chi connectivity index (χ0) is 28.4. The number of carbonyl (C=O) groups excluding carboxylic acids is 2. The van der Waals surface area contributed by atoms with Gasteiger partial charge in [-0.05, 0) is 62.3 Å². The molecule has 0 bridgehead atoms. The molecule has 0 saturated carbocycles. The monoisotopic (exact) mass is 528 g/mol. The van der Waals surface area contributed by atoms with Crippen LogP contribution in [0.4, 0.5) is 0 Å². The zero-order valence-corrected chi connectivity index (χ0v) is 23.8. The van der Waals surface area contributed by atoms with Gasteiger partial charge in [0.05, 0.1) is 11.2 Å². The minimum Gasteiger partial charge on any atom is -0.290 e.